The van der Waals surface area contributed by atoms with Crippen LogP contribution in [0.3, 0.4) is 0 Å². The topological polar surface area (TPSA) is 86.0 Å². The molecule has 1 aromatic rings. The molecule has 8 heteroatoms. The largest absolute Gasteiger partial charge is 0.494 e. The van der Waals surface area contributed by atoms with Gasteiger partial charge in [0, 0.05) is 24.5 Å². The molecule has 1 unspecified atom stereocenters. The highest BCUT2D eigenvalue weighted by Crippen LogP contribution is 2.25. The third-order valence-electron chi connectivity index (χ3n) is 4.58. The Morgan fingerprint density at radius 2 is 2.12 bits per heavy atom. The van der Waals surface area contributed by atoms with Crippen molar-refractivity contribution in [3.8, 4) is 0 Å². The molecule has 24 heavy (non-hydrogen) atoms. The minimum absolute atomic E-state index is 0.115. The minimum atomic E-state index is -1.15. The van der Waals surface area contributed by atoms with Gasteiger partial charge in [-0.05, 0) is 47.0 Å². The number of hydrogen-bond donors (Lipinski definition) is 2. The van der Waals surface area contributed by atoms with Crippen LogP contribution in [0.15, 0.2) is 12.4 Å². The first-order valence-electron chi connectivity index (χ1n) is 8.53. The maximum Gasteiger partial charge on any atom is 0.494 e. The molecule has 1 aliphatic rings. The second-order valence-electron chi connectivity index (χ2n) is 7.24. The van der Waals surface area contributed by atoms with Crippen molar-refractivity contribution in [1.82, 2.24) is 9.78 Å². The zero-order valence-electron chi connectivity index (χ0n) is 15.1. The van der Waals surface area contributed by atoms with Crippen LogP contribution in [0, 0.1) is 0 Å². The van der Waals surface area contributed by atoms with Gasteiger partial charge < -0.3 is 24.3 Å². The van der Waals surface area contributed by atoms with E-state index in [1.807, 2.05) is 0 Å². The average Bonchev–Trinajstić information content (AvgIpc) is 2.96. The molecule has 0 amide bonds. The monoisotopic (exact) mass is 340 g/mol. The van der Waals surface area contributed by atoms with Crippen molar-refractivity contribution < 1.29 is 24.3 Å². The van der Waals surface area contributed by atoms with Crippen molar-refractivity contribution in [1.29, 1.82) is 0 Å². The summed E-state index contributed by atoms with van der Waals surface area (Å²) < 4.78 is 18.5. The molecule has 1 saturated heterocycles. The second-order valence-corrected chi connectivity index (χ2v) is 7.24. The number of rotatable bonds is 8. The zero-order valence-corrected chi connectivity index (χ0v) is 15.1. The molecule has 1 aromatic heterocycles. The van der Waals surface area contributed by atoms with E-state index in [-0.39, 0.29) is 6.29 Å². The molecule has 0 aromatic carbocycles. The van der Waals surface area contributed by atoms with Crippen LogP contribution in [0.5, 0.6) is 0 Å². The van der Waals surface area contributed by atoms with Gasteiger partial charge in [0.25, 0.3) is 0 Å². The maximum absolute atomic E-state index is 10.2. The van der Waals surface area contributed by atoms with Crippen LogP contribution in [0.2, 0.25) is 0 Å². The first-order chi connectivity index (χ1) is 11.2. The molecule has 136 valence electrons. The van der Waals surface area contributed by atoms with Gasteiger partial charge in [-0.25, -0.2) is 0 Å². The third kappa shape index (κ3) is 5.29. The van der Waals surface area contributed by atoms with Crippen LogP contribution in [0.4, 0.5) is 0 Å². The van der Waals surface area contributed by atoms with Crippen LogP contribution in [0.25, 0.3) is 0 Å². The van der Waals surface area contributed by atoms with Gasteiger partial charge in [-0.15, -0.1) is 0 Å². The smallest absolute Gasteiger partial charge is 0.423 e. The summed E-state index contributed by atoms with van der Waals surface area (Å²) in [5, 5.41) is 24.5. The van der Waals surface area contributed by atoms with Crippen LogP contribution in [-0.2, 0) is 20.7 Å². The van der Waals surface area contributed by atoms with E-state index in [2.05, 4.69) is 5.10 Å². The highest BCUT2D eigenvalue weighted by Gasteiger charge is 2.39. The summed E-state index contributed by atoms with van der Waals surface area (Å²) in [6, 6.07) is 0. The molecular formula is C16H29BN2O5. The molecule has 0 aliphatic carbocycles. The third-order valence-corrected chi connectivity index (χ3v) is 4.58. The van der Waals surface area contributed by atoms with Gasteiger partial charge in [0.1, 0.15) is 0 Å². The molecule has 1 atom stereocenters. The van der Waals surface area contributed by atoms with Crippen molar-refractivity contribution in [2.75, 3.05) is 13.2 Å². The van der Waals surface area contributed by atoms with Crippen LogP contribution in [0.1, 0.15) is 47.0 Å². The van der Waals surface area contributed by atoms with E-state index in [9.17, 15) is 10.1 Å². The van der Waals surface area contributed by atoms with E-state index in [0.29, 0.717) is 18.6 Å². The molecule has 0 bridgehead atoms. The van der Waals surface area contributed by atoms with Gasteiger partial charge >= 0.3 is 7.12 Å². The van der Waals surface area contributed by atoms with Gasteiger partial charge in [-0.2, -0.15) is 5.10 Å². The lowest BCUT2D eigenvalue weighted by Crippen LogP contribution is -2.53. The van der Waals surface area contributed by atoms with Crippen molar-refractivity contribution >= 4 is 12.6 Å². The minimum Gasteiger partial charge on any atom is -0.423 e. The van der Waals surface area contributed by atoms with E-state index in [1.54, 1.807) is 44.8 Å². The Hall–Kier alpha value is -0.925. The lowest BCUT2D eigenvalue weighted by atomic mass is 9.78. The number of hydrogen-bond acceptors (Lipinski definition) is 6. The van der Waals surface area contributed by atoms with Crippen molar-refractivity contribution in [2.24, 2.45) is 0 Å². The normalized spacial score (nSPS) is 19.5. The zero-order chi connectivity index (χ0) is 17.8. The SMILES string of the molecule is CC(C)(O)C(C)(C)OB(O)c1cnn(CCOC2CCCCO2)c1. The van der Waals surface area contributed by atoms with Crippen LogP contribution in [-0.4, -0.2) is 57.7 Å². The summed E-state index contributed by atoms with van der Waals surface area (Å²) in [6.45, 7) is 8.59. The number of aliphatic hydroxyl groups is 1. The Labute approximate surface area is 144 Å². The van der Waals surface area contributed by atoms with Crippen molar-refractivity contribution in [3.63, 3.8) is 0 Å². The molecule has 0 saturated carbocycles. The fraction of sp³-hybridized carbons (Fsp3) is 0.812. The predicted molar refractivity (Wildman–Crippen MR) is 90.8 cm³/mol. The number of aromatic nitrogens is 2. The summed E-state index contributed by atoms with van der Waals surface area (Å²) >= 11 is 0. The van der Waals surface area contributed by atoms with Gasteiger partial charge in [0.2, 0.25) is 0 Å². The Kier molecular flexibility index (Phi) is 6.44. The standard InChI is InChI=1S/C16H29BN2O5/c1-15(2,20)16(3,4)24-17(21)13-11-18-19(12-13)8-10-23-14-7-5-6-9-22-14/h11-12,14,20-21H,5-10H2,1-4H3. The molecule has 2 heterocycles. The fourth-order valence-electron chi connectivity index (χ4n) is 2.24. The van der Waals surface area contributed by atoms with E-state index < -0.39 is 18.3 Å². The molecular weight excluding hydrogens is 311 g/mol. The Morgan fingerprint density at radius 1 is 1.38 bits per heavy atom. The van der Waals surface area contributed by atoms with E-state index in [1.165, 1.54) is 0 Å². The quantitative estimate of drug-likeness (QED) is 0.677. The van der Waals surface area contributed by atoms with E-state index in [4.69, 9.17) is 14.1 Å². The van der Waals surface area contributed by atoms with Crippen LogP contribution < -0.4 is 5.46 Å². The number of ether oxygens (including phenoxy) is 2. The van der Waals surface area contributed by atoms with Crippen molar-refractivity contribution in [2.45, 2.75) is 71.0 Å². The highest BCUT2D eigenvalue weighted by molar-refractivity contribution is 6.59. The molecule has 2 rings (SSSR count). The fourth-order valence-corrected chi connectivity index (χ4v) is 2.24. The lowest BCUT2D eigenvalue weighted by Gasteiger charge is -2.38. The van der Waals surface area contributed by atoms with Gasteiger partial charge in [-0.1, -0.05) is 0 Å². The van der Waals surface area contributed by atoms with Gasteiger partial charge in [-0.3, -0.25) is 4.68 Å². The Morgan fingerprint density at radius 3 is 2.75 bits per heavy atom. The first-order valence-corrected chi connectivity index (χ1v) is 8.53. The summed E-state index contributed by atoms with van der Waals surface area (Å²) in [5.41, 5.74) is -1.45. The summed E-state index contributed by atoms with van der Waals surface area (Å²) in [6.07, 6.45) is 6.33. The maximum atomic E-state index is 10.2. The van der Waals surface area contributed by atoms with E-state index in [0.717, 1.165) is 25.9 Å². The van der Waals surface area contributed by atoms with Crippen molar-refractivity contribution in [3.05, 3.63) is 12.4 Å². The van der Waals surface area contributed by atoms with E-state index >= 15 is 0 Å². The summed E-state index contributed by atoms with van der Waals surface area (Å²) in [7, 11) is -1.15. The Bertz CT molecular complexity index is 509. The molecule has 2 N–H and O–H groups in total. The predicted octanol–water partition coefficient (Wildman–Crippen LogP) is 0.680. The van der Waals surface area contributed by atoms with Gasteiger partial charge in [0.05, 0.1) is 24.4 Å². The summed E-state index contributed by atoms with van der Waals surface area (Å²) in [4.78, 5) is 0. The molecule has 7 nitrogen and oxygen atoms in total. The second kappa shape index (κ2) is 7.97. The highest BCUT2D eigenvalue weighted by atomic mass is 16.7. The molecule has 1 aliphatic heterocycles. The Balaban J connectivity index is 1.81. The average molecular weight is 340 g/mol. The van der Waals surface area contributed by atoms with Gasteiger partial charge in [0.15, 0.2) is 6.29 Å². The molecule has 1 fully saturated rings. The first kappa shape index (κ1) is 19.4. The lowest BCUT2D eigenvalue weighted by molar-refractivity contribution is -0.163. The molecule has 0 radical (unpaired) electrons. The van der Waals surface area contributed by atoms with Crippen LogP contribution >= 0.6 is 0 Å². The molecule has 0 spiro atoms. The summed E-state index contributed by atoms with van der Waals surface area (Å²) in [5.74, 6) is 0. The number of nitrogens with zero attached hydrogens (tertiary/aromatic N) is 2.